The van der Waals surface area contributed by atoms with Crippen LogP contribution in [0.2, 0.25) is 0 Å². The molecule has 14 rings (SSSR count). The molecule has 6 heterocycles. The van der Waals surface area contributed by atoms with Crippen molar-refractivity contribution < 1.29 is 4.74 Å². The largest absolute Gasteiger partial charge is 0.455 e. The minimum Gasteiger partial charge on any atom is -0.455 e. The number of nitrogens with zero attached hydrogens (tertiary/aromatic N) is 6. The lowest BCUT2D eigenvalue weighted by atomic mass is 9.66. The van der Waals surface area contributed by atoms with E-state index in [0.29, 0.717) is 0 Å². The normalized spacial score (nSPS) is 15.4. The predicted octanol–water partition coefficient (Wildman–Crippen LogP) is 13.6. The molecule has 3 aliphatic rings. The van der Waals surface area contributed by atoms with Crippen LogP contribution < -0.4 is 9.64 Å². The van der Waals surface area contributed by atoms with Gasteiger partial charge in [0.15, 0.2) is 0 Å². The Hall–Kier alpha value is -8.07. The quantitative estimate of drug-likeness (QED) is 0.176. The fourth-order valence-electron chi connectivity index (χ4n) is 10.5. The van der Waals surface area contributed by atoms with Crippen molar-refractivity contribution in [3.8, 4) is 39.8 Å². The van der Waals surface area contributed by atoms with Gasteiger partial charge in [0.2, 0.25) is 0 Å². The van der Waals surface area contributed by atoms with Crippen molar-refractivity contribution in [1.82, 2.24) is 24.5 Å². The predicted molar refractivity (Wildman–Crippen MR) is 251 cm³/mol. The van der Waals surface area contributed by atoms with Gasteiger partial charge in [-0.3, -0.25) is 15.0 Å². The fraction of sp³-hybridized carbons (Fsp3) is 0.0182. The van der Waals surface area contributed by atoms with Crippen molar-refractivity contribution >= 4 is 61.7 Å². The molecule has 1 aliphatic carbocycles. The second-order valence-electron chi connectivity index (χ2n) is 16.2. The Bertz CT molecular complexity index is 3730. The highest BCUT2D eigenvalue weighted by Gasteiger charge is 2.53. The number of rotatable bonds is 3. The maximum absolute atomic E-state index is 7.21. The molecule has 1 unspecified atom stereocenters. The Kier molecular flexibility index (Phi) is 7.13. The molecule has 0 N–H and O–H groups in total. The first-order valence-electron chi connectivity index (χ1n) is 21.0. The monoisotopic (exact) mass is 824 g/mol. The van der Waals surface area contributed by atoms with E-state index < -0.39 is 5.41 Å². The number of fused-ring (bicyclic) bond motifs is 16. The molecule has 11 aromatic rings. The molecule has 294 valence electrons. The van der Waals surface area contributed by atoms with Gasteiger partial charge in [-0.1, -0.05) is 115 Å². The van der Waals surface area contributed by atoms with Crippen LogP contribution in [0.3, 0.4) is 0 Å². The van der Waals surface area contributed by atoms with E-state index in [2.05, 4.69) is 172 Å². The summed E-state index contributed by atoms with van der Waals surface area (Å²) < 4.78 is 9.59. The Balaban J connectivity index is 1.01. The molecule has 0 saturated heterocycles. The van der Waals surface area contributed by atoms with E-state index in [1.165, 1.54) is 16.3 Å². The van der Waals surface area contributed by atoms with E-state index >= 15 is 0 Å². The van der Waals surface area contributed by atoms with Gasteiger partial charge in [-0.05, 0) is 83.9 Å². The lowest BCUT2D eigenvalue weighted by molar-refractivity contribution is 0.426. The summed E-state index contributed by atoms with van der Waals surface area (Å²) in [7, 11) is 0. The second-order valence-corrected chi connectivity index (χ2v) is 17.2. The maximum Gasteiger partial charge on any atom is 0.148 e. The number of anilines is 3. The molecule has 7 aromatic carbocycles. The number of benzene rings is 7. The van der Waals surface area contributed by atoms with Crippen LogP contribution in [0.5, 0.6) is 11.5 Å². The summed E-state index contributed by atoms with van der Waals surface area (Å²) in [4.78, 5) is 24.5. The van der Waals surface area contributed by atoms with Crippen molar-refractivity contribution in [3.63, 3.8) is 0 Å². The molecule has 63 heavy (non-hydrogen) atoms. The average molecular weight is 825 g/mol. The van der Waals surface area contributed by atoms with Gasteiger partial charge in [0, 0.05) is 62.3 Å². The van der Waals surface area contributed by atoms with Gasteiger partial charge in [0.1, 0.15) is 11.5 Å². The molecule has 2 aliphatic heterocycles. The highest BCUT2D eigenvalue weighted by Crippen LogP contribution is 2.65. The van der Waals surface area contributed by atoms with Crippen LogP contribution >= 0.6 is 11.8 Å². The summed E-state index contributed by atoms with van der Waals surface area (Å²) in [6.07, 6.45) is 5.34. The van der Waals surface area contributed by atoms with Crippen molar-refractivity contribution in [1.29, 1.82) is 0 Å². The Morgan fingerprint density at radius 2 is 1.30 bits per heavy atom. The van der Waals surface area contributed by atoms with Gasteiger partial charge in [-0.15, -0.1) is 0 Å². The molecule has 0 bridgehead atoms. The average Bonchev–Trinajstić information content (AvgIpc) is 3.83. The SMILES string of the molecule is c1ccc(-n2c3ccccc3c3ccc(N4c5ccccc5Sc5c4ccc4c5Oc5ccccc5C45c4cccnc4-c4nc(-c6cccc7nccnc67)ccc45)cc32)cc1. The van der Waals surface area contributed by atoms with Gasteiger partial charge in [-0.2, -0.15) is 0 Å². The smallest absolute Gasteiger partial charge is 0.148 e. The first kappa shape index (κ1) is 34.6. The molecule has 1 spiro atoms. The molecular weight excluding hydrogens is 793 g/mol. The van der Waals surface area contributed by atoms with Crippen LogP contribution in [0.25, 0.3) is 61.2 Å². The second kappa shape index (κ2) is 13.0. The number of para-hydroxylation sites is 5. The minimum atomic E-state index is -0.750. The van der Waals surface area contributed by atoms with E-state index in [4.69, 9.17) is 19.7 Å². The summed E-state index contributed by atoms with van der Waals surface area (Å²) in [5, 5.41) is 2.44. The molecule has 0 saturated carbocycles. The van der Waals surface area contributed by atoms with E-state index in [0.717, 1.165) is 105 Å². The van der Waals surface area contributed by atoms with Crippen LogP contribution in [0.4, 0.5) is 17.1 Å². The Morgan fingerprint density at radius 1 is 0.508 bits per heavy atom. The molecule has 7 nitrogen and oxygen atoms in total. The van der Waals surface area contributed by atoms with Crippen molar-refractivity contribution in [2.45, 2.75) is 15.2 Å². The van der Waals surface area contributed by atoms with Crippen molar-refractivity contribution in [2.75, 3.05) is 4.90 Å². The van der Waals surface area contributed by atoms with Gasteiger partial charge in [0.05, 0.1) is 60.8 Å². The Labute approximate surface area is 366 Å². The Morgan fingerprint density at radius 3 is 2.27 bits per heavy atom. The molecule has 0 amide bonds. The molecule has 8 heteroatoms. The molecule has 0 fully saturated rings. The molecule has 4 aromatic heterocycles. The molecular formula is C55H32N6OS. The lowest BCUT2D eigenvalue weighted by Crippen LogP contribution is -2.33. The maximum atomic E-state index is 7.21. The number of hydrogen-bond donors (Lipinski definition) is 0. The van der Waals surface area contributed by atoms with E-state index in [1.54, 1.807) is 24.2 Å². The highest BCUT2D eigenvalue weighted by molar-refractivity contribution is 7.99. The lowest BCUT2D eigenvalue weighted by Gasteiger charge is -2.41. The number of hydrogen-bond acceptors (Lipinski definition) is 7. The van der Waals surface area contributed by atoms with Crippen molar-refractivity contribution in [2.24, 2.45) is 0 Å². The number of ether oxygens (including phenoxy) is 1. The third-order valence-electron chi connectivity index (χ3n) is 13.0. The van der Waals surface area contributed by atoms with Crippen LogP contribution in [0.1, 0.15) is 22.3 Å². The molecule has 0 radical (unpaired) electrons. The van der Waals surface area contributed by atoms with E-state index in [-0.39, 0.29) is 0 Å². The zero-order chi connectivity index (χ0) is 41.2. The summed E-state index contributed by atoms with van der Waals surface area (Å²) in [6, 6.07) is 62.7. The van der Waals surface area contributed by atoms with Crippen molar-refractivity contribution in [3.05, 3.63) is 217 Å². The van der Waals surface area contributed by atoms with Crippen LogP contribution in [-0.2, 0) is 5.41 Å². The summed E-state index contributed by atoms with van der Waals surface area (Å²) in [6.45, 7) is 0. The van der Waals surface area contributed by atoms with Crippen LogP contribution in [0, 0.1) is 0 Å². The van der Waals surface area contributed by atoms with Crippen LogP contribution in [0.15, 0.2) is 204 Å². The topological polar surface area (TPSA) is 69.0 Å². The fourth-order valence-corrected chi connectivity index (χ4v) is 11.6. The highest BCUT2D eigenvalue weighted by atomic mass is 32.2. The molecule has 1 atom stereocenters. The van der Waals surface area contributed by atoms with E-state index in [9.17, 15) is 0 Å². The first-order valence-corrected chi connectivity index (χ1v) is 21.9. The van der Waals surface area contributed by atoms with Crippen LogP contribution in [-0.4, -0.2) is 24.5 Å². The van der Waals surface area contributed by atoms with Gasteiger partial charge < -0.3 is 14.2 Å². The van der Waals surface area contributed by atoms with Gasteiger partial charge in [-0.25, -0.2) is 4.98 Å². The summed E-state index contributed by atoms with van der Waals surface area (Å²) in [5.74, 6) is 1.65. The third-order valence-corrected chi connectivity index (χ3v) is 14.2. The standard InChI is InChI=1S/C55H32N6OS/c1-2-12-33(13-3-1)60-44-19-6-4-14-35(44)36-24-23-34(32-47(36)60)61-45-20-7-9-22-49(45)63-54-46(61)28-26-41-53(54)62-48-21-8-5-16-38(48)55(41)39-17-11-29-57-51(39)52-40(55)25-27-42(59-52)37-15-10-18-43-50(37)58-31-30-56-43/h1-32H. The summed E-state index contributed by atoms with van der Waals surface area (Å²) in [5.41, 5.74) is 15.3. The first-order chi connectivity index (χ1) is 31.3. The number of aromatic nitrogens is 5. The number of pyridine rings is 2. The summed E-state index contributed by atoms with van der Waals surface area (Å²) >= 11 is 1.77. The zero-order valence-electron chi connectivity index (χ0n) is 33.5. The third kappa shape index (κ3) is 4.70. The minimum absolute atomic E-state index is 0.750. The van der Waals surface area contributed by atoms with Gasteiger partial charge >= 0.3 is 0 Å². The van der Waals surface area contributed by atoms with E-state index in [1.807, 2.05) is 24.4 Å². The van der Waals surface area contributed by atoms with Gasteiger partial charge in [0.25, 0.3) is 0 Å². The zero-order valence-corrected chi connectivity index (χ0v) is 34.3.